The van der Waals surface area contributed by atoms with Crippen molar-refractivity contribution < 1.29 is 19.8 Å². The molecule has 7 heteroatoms. The van der Waals surface area contributed by atoms with Crippen LogP contribution in [0.3, 0.4) is 0 Å². The van der Waals surface area contributed by atoms with Crippen molar-refractivity contribution in [2.24, 2.45) is 0 Å². The number of rotatable bonds is 3. The van der Waals surface area contributed by atoms with Gasteiger partial charge in [0.25, 0.3) is 5.91 Å². The molecule has 0 radical (unpaired) electrons. The fraction of sp³-hybridized carbons (Fsp3) is 0.385. The minimum absolute atomic E-state index is 0.00346. The first-order valence-electron chi connectivity index (χ1n) is 6.19. The number of carboxylic acid groups (broad SMARTS) is 1. The molecule has 0 atom stereocenters. The summed E-state index contributed by atoms with van der Waals surface area (Å²) in [5.74, 6) is -1.10. The molecule has 2 rings (SSSR count). The van der Waals surface area contributed by atoms with Crippen molar-refractivity contribution >= 4 is 34.5 Å². The number of nitrogens with zero attached hydrogens (tertiary/aromatic N) is 2. The Morgan fingerprint density at radius 1 is 1.20 bits per heavy atom. The van der Waals surface area contributed by atoms with Gasteiger partial charge in [-0.3, -0.25) is 14.5 Å². The maximum absolute atomic E-state index is 12.3. The molecule has 1 amide bonds. The summed E-state index contributed by atoms with van der Waals surface area (Å²) >= 11 is 2.09. The van der Waals surface area contributed by atoms with E-state index in [2.05, 4.69) is 22.6 Å². The van der Waals surface area contributed by atoms with Gasteiger partial charge >= 0.3 is 5.97 Å². The largest absolute Gasteiger partial charge is 0.507 e. The van der Waals surface area contributed by atoms with Crippen molar-refractivity contribution in [2.45, 2.75) is 0 Å². The molecule has 0 unspecified atom stereocenters. The molecular formula is C13H15IN2O4. The molecule has 20 heavy (non-hydrogen) atoms. The van der Waals surface area contributed by atoms with Gasteiger partial charge in [-0.15, -0.1) is 0 Å². The Morgan fingerprint density at radius 3 is 2.45 bits per heavy atom. The molecular weight excluding hydrogens is 375 g/mol. The second-order valence-electron chi connectivity index (χ2n) is 4.62. The second-order valence-corrected chi connectivity index (χ2v) is 5.87. The number of carbonyl (C=O) groups is 2. The number of piperazine rings is 1. The lowest BCUT2D eigenvalue weighted by Crippen LogP contribution is -2.49. The van der Waals surface area contributed by atoms with Gasteiger partial charge in [0.15, 0.2) is 0 Å². The van der Waals surface area contributed by atoms with Crippen molar-refractivity contribution in [3.05, 3.63) is 27.3 Å². The monoisotopic (exact) mass is 390 g/mol. The summed E-state index contributed by atoms with van der Waals surface area (Å²) in [5.41, 5.74) is 0.295. The van der Waals surface area contributed by atoms with Crippen molar-refractivity contribution in [1.29, 1.82) is 0 Å². The van der Waals surface area contributed by atoms with Crippen LogP contribution in [0.2, 0.25) is 0 Å². The van der Waals surface area contributed by atoms with Crippen molar-refractivity contribution in [3.8, 4) is 5.75 Å². The van der Waals surface area contributed by atoms with Gasteiger partial charge in [0.1, 0.15) is 5.75 Å². The van der Waals surface area contributed by atoms with Crippen LogP contribution in [0.4, 0.5) is 0 Å². The standard InChI is InChI=1S/C13H15IN2O4/c14-9-1-2-11(17)10(7-9)13(20)16-5-3-15(4-6-16)8-12(18)19/h1-2,7,17H,3-6,8H2,(H,18,19). The first kappa shape index (κ1) is 15.0. The van der Waals surface area contributed by atoms with Crippen LogP contribution in [0.15, 0.2) is 18.2 Å². The first-order valence-corrected chi connectivity index (χ1v) is 7.27. The highest BCUT2D eigenvalue weighted by Crippen LogP contribution is 2.22. The summed E-state index contributed by atoms with van der Waals surface area (Å²) in [6.45, 7) is 2.00. The van der Waals surface area contributed by atoms with E-state index in [0.717, 1.165) is 3.57 Å². The normalized spacial score (nSPS) is 16.1. The molecule has 2 N–H and O–H groups in total. The van der Waals surface area contributed by atoms with E-state index in [9.17, 15) is 14.7 Å². The van der Waals surface area contributed by atoms with E-state index in [1.807, 2.05) is 0 Å². The van der Waals surface area contributed by atoms with E-state index in [0.29, 0.717) is 31.7 Å². The highest BCUT2D eigenvalue weighted by molar-refractivity contribution is 14.1. The fourth-order valence-corrected chi connectivity index (χ4v) is 2.64. The lowest BCUT2D eigenvalue weighted by Gasteiger charge is -2.33. The first-order chi connectivity index (χ1) is 9.47. The molecule has 1 fully saturated rings. The zero-order chi connectivity index (χ0) is 14.7. The Kier molecular flexibility index (Phi) is 4.81. The van der Waals surface area contributed by atoms with Gasteiger partial charge in [0.2, 0.25) is 0 Å². The van der Waals surface area contributed by atoms with E-state index in [-0.39, 0.29) is 18.2 Å². The molecule has 1 aromatic carbocycles. The number of aromatic hydroxyl groups is 1. The van der Waals surface area contributed by atoms with E-state index >= 15 is 0 Å². The zero-order valence-electron chi connectivity index (χ0n) is 10.8. The maximum Gasteiger partial charge on any atom is 0.317 e. The number of hydrogen-bond donors (Lipinski definition) is 2. The molecule has 1 aromatic rings. The SMILES string of the molecule is O=C(O)CN1CCN(C(=O)c2cc(I)ccc2O)CC1. The third kappa shape index (κ3) is 3.60. The van der Waals surface area contributed by atoms with Gasteiger partial charge in [-0.05, 0) is 40.8 Å². The predicted octanol–water partition coefficient (Wildman–Crippen LogP) is 0.839. The van der Waals surface area contributed by atoms with Crippen LogP contribution in [0, 0.1) is 3.57 Å². The summed E-state index contributed by atoms with van der Waals surface area (Å²) < 4.78 is 0.883. The van der Waals surface area contributed by atoms with Crippen LogP contribution >= 0.6 is 22.6 Å². The Hall–Kier alpha value is -1.35. The molecule has 108 valence electrons. The number of amides is 1. The third-order valence-corrected chi connectivity index (χ3v) is 3.88. The topological polar surface area (TPSA) is 81.1 Å². The Morgan fingerprint density at radius 2 is 1.85 bits per heavy atom. The molecule has 0 aliphatic carbocycles. The van der Waals surface area contributed by atoms with Gasteiger partial charge in [-0.2, -0.15) is 0 Å². The molecule has 6 nitrogen and oxygen atoms in total. The Bertz CT molecular complexity index is 527. The summed E-state index contributed by atoms with van der Waals surface area (Å²) in [7, 11) is 0. The van der Waals surface area contributed by atoms with Gasteiger partial charge in [-0.1, -0.05) is 0 Å². The third-order valence-electron chi connectivity index (χ3n) is 3.21. The van der Waals surface area contributed by atoms with Crippen LogP contribution in [0.1, 0.15) is 10.4 Å². The number of halogens is 1. The molecule has 1 heterocycles. The fourth-order valence-electron chi connectivity index (χ4n) is 2.15. The summed E-state index contributed by atoms with van der Waals surface area (Å²) in [6, 6.07) is 4.90. The minimum Gasteiger partial charge on any atom is -0.507 e. The Balaban J connectivity index is 2.01. The van der Waals surface area contributed by atoms with E-state index in [4.69, 9.17) is 5.11 Å². The molecule has 1 saturated heterocycles. The molecule has 0 aromatic heterocycles. The Labute approximate surface area is 130 Å². The van der Waals surface area contributed by atoms with Crippen LogP contribution in [0.5, 0.6) is 5.75 Å². The molecule has 0 bridgehead atoms. The predicted molar refractivity (Wildman–Crippen MR) is 80.8 cm³/mol. The number of carbonyl (C=O) groups excluding carboxylic acids is 1. The smallest absolute Gasteiger partial charge is 0.317 e. The number of carboxylic acids is 1. The molecule has 1 aliphatic rings. The van der Waals surface area contributed by atoms with Crippen molar-refractivity contribution in [1.82, 2.24) is 9.80 Å². The number of hydrogen-bond acceptors (Lipinski definition) is 4. The van der Waals surface area contributed by atoms with Crippen LogP contribution in [0.25, 0.3) is 0 Å². The average Bonchev–Trinajstić information content (AvgIpc) is 2.41. The van der Waals surface area contributed by atoms with Crippen LogP contribution in [-0.2, 0) is 4.79 Å². The van der Waals surface area contributed by atoms with Gasteiger partial charge in [0.05, 0.1) is 12.1 Å². The molecule has 0 saturated carbocycles. The number of benzene rings is 1. The maximum atomic E-state index is 12.3. The quantitative estimate of drug-likeness (QED) is 0.748. The van der Waals surface area contributed by atoms with Crippen molar-refractivity contribution in [3.63, 3.8) is 0 Å². The lowest BCUT2D eigenvalue weighted by molar-refractivity contribution is -0.138. The van der Waals surface area contributed by atoms with E-state index in [1.54, 1.807) is 21.9 Å². The van der Waals surface area contributed by atoms with Gasteiger partial charge in [-0.25, -0.2) is 0 Å². The number of phenolic OH excluding ortho intramolecular Hbond substituents is 1. The number of aliphatic carboxylic acids is 1. The lowest BCUT2D eigenvalue weighted by atomic mass is 10.1. The van der Waals surface area contributed by atoms with Gasteiger partial charge < -0.3 is 15.1 Å². The van der Waals surface area contributed by atoms with Crippen LogP contribution < -0.4 is 0 Å². The van der Waals surface area contributed by atoms with Gasteiger partial charge in [0, 0.05) is 29.7 Å². The molecule has 1 aliphatic heterocycles. The van der Waals surface area contributed by atoms with E-state index < -0.39 is 5.97 Å². The van der Waals surface area contributed by atoms with Crippen LogP contribution in [-0.4, -0.2) is 64.6 Å². The minimum atomic E-state index is -0.861. The molecule has 0 spiro atoms. The highest BCUT2D eigenvalue weighted by atomic mass is 127. The summed E-state index contributed by atoms with van der Waals surface area (Å²) in [4.78, 5) is 26.4. The second kappa shape index (κ2) is 6.40. The average molecular weight is 390 g/mol. The summed E-state index contributed by atoms with van der Waals surface area (Å²) in [5, 5.41) is 18.5. The number of phenols is 1. The summed E-state index contributed by atoms with van der Waals surface area (Å²) in [6.07, 6.45) is 0. The van der Waals surface area contributed by atoms with Crippen molar-refractivity contribution in [2.75, 3.05) is 32.7 Å². The van der Waals surface area contributed by atoms with E-state index in [1.165, 1.54) is 6.07 Å². The zero-order valence-corrected chi connectivity index (χ0v) is 12.9. The highest BCUT2D eigenvalue weighted by Gasteiger charge is 2.24.